The number of aryl methyl sites for hydroxylation is 1. The molecule has 0 aliphatic carbocycles. The largest absolute Gasteiger partial charge is 0.356 e. The number of benzene rings is 1. The van der Waals surface area contributed by atoms with Gasteiger partial charge in [0.2, 0.25) is 5.95 Å². The third-order valence-electron chi connectivity index (χ3n) is 4.59. The number of hydrogen-bond donors (Lipinski definition) is 2. The van der Waals surface area contributed by atoms with Gasteiger partial charge < -0.3 is 16.0 Å². The van der Waals surface area contributed by atoms with Gasteiger partial charge in [-0.25, -0.2) is 9.97 Å². The normalized spacial score (nSPS) is 11.0. The third kappa shape index (κ3) is 7.40. The smallest absolute Gasteiger partial charge is 0.209 e. The second-order valence-corrected chi connectivity index (χ2v) is 9.06. The van der Waals surface area contributed by atoms with Crippen molar-refractivity contribution >= 4 is 40.2 Å². The van der Waals surface area contributed by atoms with Crippen molar-refractivity contribution in [2.24, 2.45) is 24.6 Å². The maximum absolute atomic E-state index is 5.97. The van der Waals surface area contributed by atoms with Crippen LogP contribution in [0.4, 0.5) is 17.5 Å². The van der Waals surface area contributed by atoms with Crippen molar-refractivity contribution in [2.75, 3.05) is 29.9 Å². The van der Waals surface area contributed by atoms with Gasteiger partial charge in [0, 0.05) is 30.8 Å². The highest BCUT2D eigenvalue weighted by Crippen LogP contribution is 2.24. The topological polar surface area (TPSA) is 72.0 Å². The van der Waals surface area contributed by atoms with Crippen LogP contribution in [0.5, 0.6) is 0 Å². The standard InChI is InChI=1S/C21H28ClN5.C3H9N/c1-14(2)12-27(13-15(3)4)19-11-10-18-20(25-19)26(5)21(24-18)23-17-8-6-16(22)7-9-17;1-2-3-4/h6-11,14-15H,12-13H2,1-5H3,(H,23,24);2-4H2,1H3. The Labute approximate surface area is 191 Å². The first kappa shape index (κ1) is 25.0. The van der Waals surface area contributed by atoms with Gasteiger partial charge in [-0.15, -0.1) is 0 Å². The second kappa shape index (κ2) is 11.9. The summed E-state index contributed by atoms with van der Waals surface area (Å²) >= 11 is 5.97. The molecule has 0 amide bonds. The molecule has 7 heteroatoms. The average Bonchev–Trinajstić information content (AvgIpc) is 3.03. The number of nitrogens with one attached hydrogen (secondary N) is 1. The molecular formula is C24H37ClN6. The molecule has 2 heterocycles. The van der Waals surface area contributed by atoms with Gasteiger partial charge in [-0.1, -0.05) is 46.2 Å². The molecule has 0 bridgehead atoms. The van der Waals surface area contributed by atoms with E-state index in [0.29, 0.717) is 16.9 Å². The predicted octanol–water partition coefficient (Wildman–Crippen LogP) is 5.84. The Morgan fingerprint density at radius 1 is 1.00 bits per heavy atom. The van der Waals surface area contributed by atoms with Crippen molar-refractivity contribution in [1.29, 1.82) is 0 Å². The zero-order valence-corrected chi connectivity index (χ0v) is 20.4. The Morgan fingerprint density at radius 2 is 1.58 bits per heavy atom. The highest BCUT2D eigenvalue weighted by Gasteiger charge is 2.15. The van der Waals surface area contributed by atoms with Crippen molar-refractivity contribution in [3.05, 3.63) is 41.4 Å². The van der Waals surface area contributed by atoms with E-state index in [4.69, 9.17) is 27.3 Å². The summed E-state index contributed by atoms with van der Waals surface area (Å²) < 4.78 is 2.00. The lowest BCUT2D eigenvalue weighted by atomic mass is 10.1. The number of halogens is 1. The first-order valence-corrected chi connectivity index (χ1v) is 11.4. The van der Waals surface area contributed by atoms with Crippen LogP contribution in [-0.2, 0) is 7.05 Å². The number of anilines is 3. The van der Waals surface area contributed by atoms with Crippen LogP contribution in [0.15, 0.2) is 36.4 Å². The molecule has 0 saturated heterocycles. The number of aromatic nitrogens is 3. The summed E-state index contributed by atoms with van der Waals surface area (Å²) in [5, 5.41) is 4.06. The number of imidazole rings is 1. The van der Waals surface area contributed by atoms with E-state index in [1.54, 1.807) is 0 Å². The van der Waals surface area contributed by atoms with Crippen LogP contribution in [-0.4, -0.2) is 34.2 Å². The highest BCUT2D eigenvalue weighted by molar-refractivity contribution is 6.30. The lowest BCUT2D eigenvalue weighted by Gasteiger charge is -2.27. The van der Waals surface area contributed by atoms with Crippen molar-refractivity contribution in [1.82, 2.24) is 14.5 Å². The van der Waals surface area contributed by atoms with E-state index in [1.807, 2.05) is 35.9 Å². The molecule has 0 saturated carbocycles. The van der Waals surface area contributed by atoms with Gasteiger partial charge in [-0.3, -0.25) is 4.57 Å². The molecule has 0 atom stereocenters. The Balaban J connectivity index is 0.000000785. The summed E-state index contributed by atoms with van der Waals surface area (Å²) in [5.74, 6) is 2.92. The van der Waals surface area contributed by atoms with Gasteiger partial charge in [0.25, 0.3) is 0 Å². The van der Waals surface area contributed by atoms with E-state index in [1.165, 1.54) is 0 Å². The Kier molecular flexibility index (Phi) is 9.59. The summed E-state index contributed by atoms with van der Waals surface area (Å²) in [4.78, 5) is 12.0. The fourth-order valence-electron chi connectivity index (χ4n) is 3.15. The minimum atomic E-state index is 0.579. The van der Waals surface area contributed by atoms with Crippen LogP contribution in [0, 0.1) is 11.8 Å². The van der Waals surface area contributed by atoms with Crippen molar-refractivity contribution in [3.63, 3.8) is 0 Å². The molecule has 31 heavy (non-hydrogen) atoms. The first-order chi connectivity index (χ1) is 14.7. The third-order valence-corrected chi connectivity index (χ3v) is 4.84. The monoisotopic (exact) mass is 444 g/mol. The number of nitrogens with two attached hydrogens (primary N) is 1. The number of nitrogens with zero attached hydrogens (tertiary/aromatic N) is 4. The lowest BCUT2D eigenvalue weighted by Crippen LogP contribution is -2.32. The van der Waals surface area contributed by atoms with Crippen molar-refractivity contribution in [3.8, 4) is 0 Å². The van der Waals surface area contributed by atoms with Gasteiger partial charge in [-0.2, -0.15) is 0 Å². The lowest BCUT2D eigenvalue weighted by molar-refractivity contribution is 0.549. The summed E-state index contributed by atoms with van der Waals surface area (Å²) in [7, 11) is 1.99. The van der Waals surface area contributed by atoms with E-state index in [-0.39, 0.29) is 0 Å². The molecule has 3 N–H and O–H groups in total. The molecule has 0 radical (unpaired) electrons. The Bertz CT molecular complexity index is 921. The average molecular weight is 445 g/mol. The van der Waals surface area contributed by atoms with Crippen molar-refractivity contribution in [2.45, 2.75) is 41.0 Å². The molecule has 2 aromatic heterocycles. The first-order valence-electron chi connectivity index (χ1n) is 11.1. The van der Waals surface area contributed by atoms with Gasteiger partial charge in [0.1, 0.15) is 11.3 Å². The summed E-state index contributed by atoms with van der Waals surface area (Å²) in [6.07, 6.45) is 1.10. The molecule has 3 aromatic rings. The van der Waals surface area contributed by atoms with Crippen LogP contribution < -0.4 is 16.0 Å². The molecule has 0 unspecified atom stereocenters. The predicted molar refractivity (Wildman–Crippen MR) is 134 cm³/mol. The molecule has 0 spiro atoms. The number of pyridine rings is 1. The van der Waals surface area contributed by atoms with Crippen LogP contribution in [0.1, 0.15) is 41.0 Å². The maximum Gasteiger partial charge on any atom is 0.209 e. The zero-order valence-electron chi connectivity index (χ0n) is 19.7. The molecule has 1 aromatic carbocycles. The minimum Gasteiger partial charge on any atom is -0.356 e. The SMILES string of the molecule is CC(C)CN(CC(C)C)c1ccc2nc(Nc3ccc(Cl)cc3)n(C)c2n1.CCCN. The van der Waals surface area contributed by atoms with Crippen LogP contribution in [0.2, 0.25) is 5.02 Å². The summed E-state index contributed by atoms with van der Waals surface area (Å²) in [6, 6.07) is 11.7. The minimum absolute atomic E-state index is 0.579. The molecule has 170 valence electrons. The Hall–Kier alpha value is -2.31. The quantitative estimate of drug-likeness (QED) is 0.456. The van der Waals surface area contributed by atoms with Gasteiger partial charge in [0.15, 0.2) is 5.65 Å². The molecule has 0 fully saturated rings. The molecule has 0 aliphatic rings. The van der Waals surface area contributed by atoms with Gasteiger partial charge >= 0.3 is 0 Å². The highest BCUT2D eigenvalue weighted by atomic mass is 35.5. The second-order valence-electron chi connectivity index (χ2n) is 8.62. The zero-order chi connectivity index (χ0) is 23.0. The van der Waals surface area contributed by atoms with Crippen LogP contribution in [0.25, 0.3) is 11.2 Å². The maximum atomic E-state index is 5.97. The molecule has 6 nitrogen and oxygen atoms in total. The van der Waals surface area contributed by atoms with E-state index < -0.39 is 0 Å². The van der Waals surface area contributed by atoms with Gasteiger partial charge in [0.05, 0.1) is 0 Å². The van der Waals surface area contributed by atoms with E-state index in [0.717, 1.165) is 54.7 Å². The summed E-state index contributed by atoms with van der Waals surface area (Å²) in [5.41, 5.74) is 7.73. The molecule has 0 aliphatic heterocycles. The number of hydrogen-bond acceptors (Lipinski definition) is 5. The summed E-state index contributed by atoms with van der Waals surface area (Å²) in [6.45, 7) is 13.8. The van der Waals surface area contributed by atoms with E-state index in [2.05, 4.69) is 57.0 Å². The van der Waals surface area contributed by atoms with Gasteiger partial charge in [-0.05, 0) is 61.2 Å². The van der Waals surface area contributed by atoms with Crippen molar-refractivity contribution < 1.29 is 0 Å². The molecular weight excluding hydrogens is 408 g/mol. The number of fused-ring (bicyclic) bond motifs is 1. The van der Waals surface area contributed by atoms with E-state index in [9.17, 15) is 0 Å². The van der Waals surface area contributed by atoms with Crippen LogP contribution in [0.3, 0.4) is 0 Å². The van der Waals surface area contributed by atoms with Crippen LogP contribution >= 0.6 is 11.6 Å². The Morgan fingerprint density at radius 3 is 2.10 bits per heavy atom. The number of rotatable bonds is 8. The molecule has 3 rings (SSSR count). The van der Waals surface area contributed by atoms with E-state index >= 15 is 0 Å². The fourth-order valence-corrected chi connectivity index (χ4v) is 3.27. The fraction of sp³-hybridized carbons (Fsp3) is 0.500.